The molecule has 0 spiro atoms. The molecule has 0 unspecified atom stereocenters. The summed E-state index contributed by atoms with van der Waals surface area (Å²) in [6.07, 6.45) is 3.03. The third kappa shape index (κ3) is 7.24. The maximum atomic E-state index is 11.3. The highest BCUT2D eigenvalue weighted by atomic mass is 79.9. The highest BCUT2D eigenvalue weighted by Gasteiger charge is 2.15. The molecule has 202 valence electrons. The van der Waals surface area contributed by atoms with Crippen molar-refractivity contribution in [1.82, 2.24) is 4.98 Å². The van der Waals surface area contributed by atoms with E-state index in [-0.39, 0.29) is 24.8 Å². The third-order valence-corrected chi connectivity index (χ3v) is 7.05. The summed E-state index contributed by atoms with van der Waals surface area (Å²) in [5.41, 5.74) is 4.14. The number of nitriles is 1. The number of benzene rings is 3. The average Bonchev–Trinajstić information content (AvgIpc) is 2.97. The molecule has 3 aromatic carbocycles. The van der Waals surface area contributed by atoms with E-state index < -0.39 is 18.3 Å². The lowest BCUT2D eigenvalue weighted by Gasteiger charge is -2.16. The van der Waals surface area contributed by atoms with Gasteiger partial charge in [-0.15, -0.1) is 0 Å². The van der Waals surface area contributed by atoms with E-state index >= 15 is 0 Å². The molecule has 0 amide bonds. The molecule has 0 aliphatic heterocycles. The van der Waals surface area contributed by atoms with Crippen LogP contribution >= 0.6 is 27.5 Å². The smallest absolute Gasteiger partial charge is 0.352 e. The first-order valence-electron chi connectivity index (χ1n) is 12.0. The van der Waals surface area contributed by atoms with Gasteiger partial charge in [-0.3, -0.25) is 9.98 Å². The molecule has 4 rings (SSSR count). The summed E-state index contributed by atoms with van der Waals surface area (Å²) in [6, 6.07) is 22.8. The number of hydrogen-bond donors (Lipinski definition) is 2. The number of ether oxygens (including phenoxy) is 2. The monoisotopic (exact) mass is 619 g/mol. The predicted molar refractivity (Wildman–Crippen MR) is 155 cm³/mol. The van der Waals surface area contributed by atoms with E-state index in [1.165, 1.54) is 6.20 Å². The van der Waals surface area contributed by atoms with E-state index in [1.807, 2.05) is 54.6 Å². The summed E-state index contributed by atoms with van der Waals surface area (Å²) >= 11 is 10.3. The average molecular weight is 621 g/mol. The quantitative estimate of drug-likeness (QED) is 0.191. The Hall–Kier alpha value is -4.23. The zero-order chi connectivity index (χ0) is 28.5. The fraction of sp³-hybridized carbons (Fsp3) is 0.133. The molecule has 0 atom stereocenters. The molecule has 0 saturated heterocycles. The molecule has 1 aromatic heterocycles. The van der Waals surface area contributed by atoms with Crippen molar-refractivity contribution in [3.63, 3.8) is 0 Å². The fourth-order valence-corrected chi connectivity index (χ4v) is 4.64. The molecule has 40 heavy (non-hydrogen) atoms. The lowest BCUT2D eigenvalue weighted by molar-refractivity contribution is -0.129. The van der Waals surface area contributed by atoms with Crippen molar-refractivity contribution in [3.8, 4) is 28.7 Å². The number of carboxylic acid groups (broad SMARTS) is 1. The van der Waals surface area contributed by atoms with Crippen LogP contribution in [0.3, 0.4) is 0 Å². The highest BCUT2D eigenvalue weighted by Crippen LogP contribution is 2.36. The van der Waals surface area contributed by atoms with Crippen molar-refractivity contribution in [2.45, 2.75) is 19.8 Å². The summed E-state index contributed by atoms with van der Waals surface area (Å²) in [5, 5.41) is 28.0. The minimum absolute atomic E-state index is 0.0801. The molecular formula is C30H23BrClN3O5. The van der Waals surface area contributed by atoms with Gasteiger partial charge in [0.2, 0.25) is 0 Å². The minimum Gasteiger partial charge on any atom is -0.488 e. The van der Waals surface area contributed by atoms with Crippen LogP contribution in [0.2, 0.25) is 5.02 Å². The van der Waals surface area contributed by atoms with Gasteiger partial charge in [0.15, 0.2) is 0 Å². The van der Waals surface area contributed by atoms with Crippen LogP contribution in [0.1, 0.15) is 22.3 Å². The summed E-state index contributed by atoms with van der Waals surface area (Å²) in [7, 11) is 0. The largest absolute Gasteiger partial charge is 0.488 e. The van der Waals surface area contributed by atoms with Gasteiger partial charge < -0.3 is 19.7 Å². The number of aliphatic imine (C=N–C) groups is 1. The van der Waals surface area contributed by atoms with E-state index in [1.54, 1.807) is 24.4 Å². The number of halogens is 2. The van der Waals surface area contributed by atoms with Gasteiger partial charge in [0.25, 0.3) is 0 Å². The number of hydrogen-bond acceptors (Lipinski definition) is 7. The number of aromatic nitrogens is 1. The van der Waals surface area contributed by atoms with Crippen LogP contribution in [-0.2, 0) is 24.6 Å². The van der Waals surface area contributed by atoms with Crippen LogP contribution in [0.25, 0.3) is 11.1 Å². The Labute approximate surface area is 244 Å². The van der Waals surface area contributed by atoms with Gasteiger partial charge in [-0.05, 0) is 39.2 Å². The summed E-state index contributed by atoms with van der Waals surface area (Å²) in [4.78, 5) is 19.3. The second-order valence-electron chi connectivity index (χ2n) is 8.53. The van der Waals surface area contributed by atoms with Crippen molar-refractivity contribution in [3.05, 3.63) is 111 Å². The van der Waals surface area contributed by atoms with Crippen molar-refractivity contribution in [2.75, 3.05) is 6.61 Å². The molecular weight excluding hydrogens is 598 g/mol. The Morgan fingerprint density at radius 3 is 2.50 bits per heavy atom. The van der Waals surface area contributed by atoms with Crippen LogP contribution < -0.4 is 9.47 Å². The molecule has 2 N–H and O–H groups in total. The molecule has 0 aliphatic carbocycles. The van der Waals surface area contributed by atoms with E-state index in [2.05, 4.69) is 25.9 Å². The molecule has 0 saturated carbocycles. The number of nitrogens with zero attached hydrogens (tertiary/aromatic N) is 3. The molecule has 1 heterocycles. The zero-order valence-corrected chi connectivity index (χ0v) is 23.4. The molecule has 0 radical (unpaired) electrons. The van der Waals surface area contributed by atoms with Crippen molar-refractivity contribution in [2.24, 2.45) is 4.99 Å². The number of rotatable bonds is 11. The zero-order valence-electron chi connectivity index (χ0n) is 21.1. The van der Waals surface area contributed by atoms with Gasteiger partial charge >= 0.3 is 5.97 Å². The molecule has 0 fully saturated rings. The first-order chi connectivity index (χ1) is 19.4. The van der Waals surface area contributed by atoms with Gasteiger partial charge in [-0.1, -0.05) is 60.1 Å². The molecule has 4 aromatic rings. The Kier molecular flexibility index (Phi) is 9.86. The normalized spacial score (nSPS) is 11.1. The van der Waals surface area contributed by atoms with E-state index in [9.17, 15) is 15.0 Å². The Morgan fingerprint density at radius 2 is 1.77 bits per heavy atom. The number of aliphatic hydroxyl groups is 1. The number of aliphatic hydroxyl groups excluding tert-OH is 1. The topological polar surface area (TPSA) is 125 Å². The second kappa shape index (κ2) is 13.7. The first-order valence-corrected chi connectivity index (χ1v) is 13.2. The molecule has 0 aliphatic rings. The first kappa shape index (κ1) is 28.8. The maximum absolute atomic E-state index is 11.3. The minimum atomic E-state index is -1.32. The molecule has 10 heteroatoms. The summed E-state index contributed by atoms with van der Waals surface area (Å²) in [5.74, 6) is -0.616. The fourth-order valence-electron chi connectivity index (χ4n) is 3.79. The van der Waals surface area contributed by atoms with Gasteiger partial charge in [0.05, 0.1) is 23.7 Å². The van der Waals surface area contributed by atoms with Crippen LogP contribution in [-0.4, -0.2) is 33.5 Å². The number of carbonyl (C=O) groups is 1. The number of pyridine rings is 1. The number of carboxylic acids is 1. The third-order valence-electron chi connectivity index (χ3n) is 5.82. The Balaban J connectivity index is 1.61. The van der Waals surface area contributed by atoms with Crippen molar-refractivity contribution >= 4 is 39.2 Å². The van der Waals surface area contributed by atoms with Crippen LogP contribution in [0.15, 0.2) is 88.6 Å². The number of aliphatic carboxylic acids is 1. The molecule has 8 nitrogen and oxygen atoms in total. The lowest BCUT2D eigenvalue weighted by Crippen LogP contribution is -2.17. The summed E-state index contributed by atoms with van der Waals surface area (Å²) in [6.45, 7) is -0.529. The summed E-state index contributed by atoms with van der Waals surface area (Å²) < 4.78 is 13.0. The standard InChI is InChI=1S/C30H23BrClN3O5/c31-29-22(7-4-8-24(29)21-5-2-1-3-6-21)18-40-28-11-27(39-17-20-9-19(12-33)13-34-14-20)23(10-25(28)32)15-35-26(16-36)30(37)38/h1-11,13-14,36H,15-18H2,(H,37,38). The van der Waals surface area contributed by atoms with E-state index in [0.717, 1.165) is 21.2 Å². The Morgan fingerprint density at radius 1 is 1.00 bits per heavy atom. The van der Waals surface area contributed by atoms with E-state index in [0.29, 0.717) is 28.2 Å². The van der Waals surface area contributed by atoms with Crippen LogP contribution in [0.4, 0.5) is 0 Å². The van der Waals surface area contributed by atoms with Crippen LogP contribution in [0.5, 0.6) is 11.5 Å². The van der Waals surface area contributed by atoms with Crippen LogP contribution in [0, 0.1) is 11.3 Å². The van der Waals surface area contributed by atoms with Crippen molar-refractivity contribution < 1.29 is 24.5 Å². The lowest BCUT2D eigenvalue weighted by atomic mass is 10.0. The second-order valence-corrected chi connectivity index (χ2v) is 9.73. The van der Waals surface area contributed by atoms with Gasteiger partial charge in [0, 0.05) is 39.6 Å². The maximum Gasteiger partial charge on any atom is 0.352 e. The molecule has 0 bridgehead atoms. The predicted octanol–water partition coefficient (Wildman–Crippen LogP) is 6.21. The SMILES string of the molecule is N#Cc1cncc(COc2cc(OCc3cccc(-c4ccccc4)c3Br)c(Cl)cc2CN=C(CO)C(=O)O)c1. The van der Waals surface area contributed by atoms with Gasteiger partial charge in [-0.2, -0.15) is 5.26 Å². The van der Waals surface area contributed by atoms with Gasteiger partial charge in [0.1, 0.15) is 36.5 Å². The highest BCUT2D eigenvalue weighted by molar-refractivity contribution is 9.10. The van der Waals surface area contributed by atoms with Crippen molar-refractivity contribution in [1.29, 1.82) is 5.26 Å². The van der Waals surface area contributed by atoms with Gasteiger partial charge in [-0.25, -0.2) is 4.79 Å². The van der Waals surface area contributed by atoms with E-state index in [4.69, 9.17) is 26.3 Å². The Bertz CT molecular complexity index is 1590.